The predicted molar refractivity (Wildman–Crippen MR) is 183 cm³/mol. The lowest BCUT2D eigenvalue weighted by Gasteiger charge is -2.45. The summed E-state index contributed by atoms with van der Waals surface area (Å²) in [6.07, 6.45) is 6.99. The molecule has 246 valence electrons. The number of nitrogens with one attached hydrogen (secondary N) is 1. The van der Waals surface area contributed by atoms with E-state index in [1.807, 2.05) is 31.2 Å². The van der Waals surface area contributed by atoms with Gasteiger partial charge in [-0.15, -0.1) is 6.58 Å². The van der Waals surface area contributed by atoms with Crippen molar-refractivity contribution in [3.63, 3.8) is 0 Å². The molecule has 0 saturated heterocycles. The monoisotopic (exact) mass is 656 g/mol. The summed E-state index contributed by atoms with van der Waals surface area (Å²) in [7, 11) is 0.124. The van der Waals surface area contributed by atoms with Gasteiger partial charge in [-0.2, -0.15) is 0 Å². The molecule has 9 heteroatoms. The summed E-state index contributed by atoms with van der Waals surface area (Å²) in [4.78, 5) is 15.9. The molecular formula is C36H49ClN2O5S. The average Bonchev–Trinajstić information content (AvgIpc) is 3.19. The van der Waals surface area contributed by atoms with E-state index >= 15 is 0 Å². The van der Waals surface area contributed by atoms with Crippen LogP contribution in [0.5, 0.6) is 5.75 Å². The van der Waals surface area contributed by atoms with Crippen molar-refractivity contribution in [2.24, 2.45) is 23.7 Å². The normalized spacial score (nSPS) is 30.4. The number of halogens is 1. The largest absolute Gasteiger partial charge is 0.491 e. The first-order valence-corrected chi connectivity index (χ1v) is 18.1. The minimum Gasteiger partial charge on any atom is -0.491 e. The van der Waals surface area contributed by atoms with Crippen molar-refractivity contribution in [3.05, 3.63) is 70.8 Å². The zero-order valence-electron chi connectivity index (χ0n) is 27.1. The molecule has 2 bridgehead atoms. The summed E-state index contributed by atoms with van der Waals surface area (Å²) in [5, 5.41) is 0.484. The maximum atomic E-state index is 13.5. The van der Waals surface area contributed by atoms with Crippen LogP contribution in [-0.2, 0) is 26.9 Å². The van der Waals surface area contributed by atoms with Gasteiger partial charge in [-0.1, -0.05) is 44.0 Å². The molecule has 2 aliphatic heterocycles. The Morgan fingerprint density at radius 1 is 1.16 bits per heavy atom. The Kier molecular flexibility index (Phi) is 11.7. The number of hydrogen-bond acceptors (Lipinski definition) is 6. The van der Waals surface area contributed by atoms with Crippen molar-refractivity contribution in [2.45, 2.75) is 70.1 Å². The second kappa shape index (κ2) is 15.5. The number of amides is 1. The molecule has 0 spiro atoms. The molecule has 1 N–H and O–H groups in total. The number of fused-ring (bicyclic) bond motifs is 2. The van der Waals surface area contributed by atoms with Gasteiger partial charge in [-0.3, -0.25) is 9.52 Å². The number of anilines is 1. The maximum absolute atomic E-state index is 13.5. The Hall–Kier alpha value is -2.39. The first kappa shape index (κ1) is 34.0. The van der Waals surface area contributed by atoms with E-state index in [0.717, 1.165) is 61.7 Å². The molecule has 1 amide bonds. The number of hydrogen-bond donors (Lipinski definition) is 1. The number of aryl methyl sites for hydroxylation is 1. The third-order valence-corrected chi connectivity index (χ3v) is 12.0. The lowest BCUT2D eigenvalue weighted by atomic mass is 9.67. The van der Waals surface area contributed by atoms with Gasteiger partial charge in [0, 0.05) is 36.7 Å². The molecule has 2 aromatic rings. The van der Waals surface area contributed by atoms with Gasteiger partial charge in [-0.25, -0.2) is 4.21 Å². The van der Waals surface area contributed by atoms with E-state index in [-0.39, 0.29) is 35.0 Å². The molecule has 2 heterocycles. The highest BCUT2D eigenvalue weighted by atomic mass is 35.5. The van der Waals surface area contributed by atoms with Crippen molar-refractivity contribution in [2.75, 3.05) is 44.9 Å². The van der Waals surface area contributed by atoms with Crippen molar-refractivity contribution in [1.29, 1.82) is 0 Å². The number of benzene rings is 2. The van der Waals surface area contributed by atoms with Crippen LogP contribution in [0.4, 0.5) is 5.69 Å². The van der Waals surface area contributed by atoms with Gasteiger partial charge in [0.05, 0.1) is 36.9 Å². The molecule has 0 radical (unpaired) electrons. The minimum absolute atomic E-state index is 0.0296. The number of ether oxygens (including phenoxy) is 3. The summed E-state index contributed by atoms with van der Waals surface area (Å²) < 4.78 is 34.6. The number of allylic oxidation sites excluding steroid dienone is 1. The van der Waals surface area contributed by atoms with E-state index in [1.165, 1.54) is 11.1 Å². The number of rotatable bonds is 8. The van der Waals surface area contributed by atoms with Gasteiger partial charge in [0.25, 0.3) is 5.91 Å². The van der Waals surface area contributed by atoms with E-state index in [4.69, 9.17) is 25.8 Å². The molecule has 2 aromatic carbocycles. The van der Waals surface area contributed by atoms with Crippen LogP contribution in [0.25, 0.3) is 0 Å². The van der Waals surface area contributed by atoms with E-state index in [9.17, 15) is 9.00 Å². The lowest BCUT2D eigenvalue weighted by molar-refractivity contribution is -0.0662. The third-order valence-electron chi connectivity index (χ3n) is 10.3. The predicted octanol–water partition coefficient (Wildman–Crippen LogP) is 6.96. The summed E-state index contributed by atoms with van der Waals surface area (Å²) >= 11 is 6.44. The van der Waals surface area contributed by atoms with E-state index in [0.29, 0.717) is 37.2 Å². The van der Waals surface area contributed by atoms with E-state index < -0.39 is 11.0 Å². The standard InChI is InChI=1S/C36H49ClN2O5S/c1-6-8-26-17-30(37)11-13-31(26)29-21-39-20-28-9-12-32(28)35(43-16-15-42-5)19-25(7-2)23(3)24(4)45(41)38-36(40)27-10-14-34(44-22-29)33(39)18-27/h7,10-11,13-14,17-18,23-25,28-29,32,35H,2,6,8-9,12,15-16,19-22H2,1,3-5H3,(H,38,40)/t23-,24?,25?,28?,29?,32?,35?,45?/m1/s1. The van der Waals surface area contributed by atoms with Crippen LogP contribution in [0.1, 0.15) is 73.9 Å². The second-order valence-corrected chi connectivity index (χ2v) is 15.0. The quantitative estimate of drug-likeness (QED) is 0.245. The molecule has 1 fully saturated rings. The Labute approximate surface area is 276 Å². The molecular weight excluding hydrogens is 608 g/mol. The fourth-order valence-electron chi connectivity index (χ4n) is 7.28. The van der Waals surface area contributed by atoms with Crippen LogP contribution in [-0.4, -0.2) is 61.5 Å². The van der Waals surface area contributed by atoms with Crippen LogP contribution in [0.3, 0.4) is 0 Å². The fourth-order valence-corrected chi connectivity index (χ4v) is 8.55. The molecule has 1 aliphatic carbocycles. The molecule has 0 aromatic heterocycles. The summed E-state index contributed by atoms with van der Waals surface area (Å²) in [6, 6.07) is 11.8. The molecule has 8 atom stereocenters. The highest BCUT2D eigenvalue weighted by Crippen LogP contribution is 2.45. The number of nitrogens with zero attached hydrogens (tertiary/aromatic N) is 1. The van der Waals surface area contributed by atoms with Gasteiger partial charge < -0.3 is 19.1 Å². The van der Waals surface area contributed by atoms with Gasteiger partial charge in [-0.05, 0) is 97.7 Å². The zero-order chi connectivity index (χ0) is 32.1. The third kappa shape index (κ3) is 7.78. The van der Waals surface area contributed by atoms with Crippen molar-refractivity contribution in [3.8, 4) is 5.75 Å². The Morgan fingerprint density at radius 3 is 2.69 bits per heavy atom. The van der Waals surface area contributed by atoms with Crippen LogP contribution >= 0.6 is 11.6 Å². The fraction of sp³-hybridized carbons (Fsp3) is 0.583. The highest BCUT2D eigenvalue weighted by Gasteiger charge is 2.41. The molecule has 7 nitrogen and oxygen atoms in total. The Balaban J connectivity index is 1.54. The lowest BCUT2D eigenvalue weighted by Crippen LogP contribution is -2.46. The van der Waals surface area contributed by atoms with Crippen molar-refractivity contribution < 1.29 is 23.2 Å². The first-order chi connectivity index (χ1) is 21.7. The molecule has 7 unspecified atom stereocenters. The molecule has 1 saturated carbocycles. The van der Waals surface area contributed by atoms with Crippen LogP contribution in [0, 0.1) is 23.7 Å². The number of carbonyl (C=O) groups excluding carboxylic acids is 1. The van der Waals surface area contributed by atoms with Gasteiger partial charge in [0.1, 0.15) is 16.7 Å². The van der Waals surface area contributed by atoms with E-state index in [2.05, 4.69) is 42.2 Å². The highest BCUT2D eigenvalue weighted by molar-refractivity contribution is 7.84. The second-order valence-electron chi connectivity index (χ2n) is 13.0. The van der Waals surface area contributed by atoms with Crippen LogP contribution < -0.4 is 14.4 Å². The van der Waals surface area contributed by atoms with Gasteiger partial charge >= 0.3 is 0 Å². The number of carbonyl (C=O) groups is 1. The smallest absolute Gasteiger partial charge is 0.263 e. The van der Waals surface area contributed by atoms with Crippen molar-refractivity contribution in [1.82, 2.24) is 4.72 Å². The molecule has 45 heavy (non-hydrogen) atoms. The minimum atomic E-state index is -1.57. The van der Waals surface area contributed by atoms with Crippen LogP contribution in [0.2, 0.25) is 5.02 Å². The Morgan fingerprint density at radius 2 is 1.98 bits per heavy atom. The maximum Gasteiger partial charge on any atom is 0.263 e. The SMILES string of the molecule is C=CC1CC(OCCOC)C2CCC2CN2CC(c3ccc(Cl)cc3CCC)COc3ccc(cc32)C(=O)NS(=O)C(C)[C@H]1C. The van der Waals surface area contributed by atoms with E-state index in [1.54, 1.807) is 13.2 Å². The first-order valence-electron chi connectivity index (χ1n) is 16.5. The summed E-state index contributed by atoms with van der Waals surface area (Å²) in [5.74, 6) is 1.47. The summed E-state index contributed by atoms with van der Waals surface area (Å²) in [6.45, 7) is 13.6. The van der Waals surface area contributed by atoms with Crippen molar-refractivity contribution >= 4 is 34.2 Å². The van der Waals surface area contributed by atoms with Crippen LogP contribution in [0.15, 0.2) is 49.1 Å². The summed E-state index contributed by atoms with van der Waals surface area (Å²) in [5.41, 5.74) is 3.91. The molecule has 5 rings (SSSR count). The van der Waals surface area contributed by atoms with Gasteiger partial charge in [0.15, 0.2) is 0 Å². The zero-order valence-corrected chi connectivity index (χ0v) is 28.7. The topological polar surface area (TPSA) is 77.1 Å². The number of methoxy groups -OCH3 is 1. The average molecular weight is 657 g/mol. The molecule has 3 aliphatic rings. The Bertz CT molecular complexity index is 1370. The van der Waals surface area contributed by atoms with Gasteiger partial charge in [0.2, 0.25) is 0 Å².